The second-order valence-corrected chi connectivity index (χ2v) is 7.13. The van der Waals surface area contributed by atoms with Crippen LogP contribution in [0.25, 0.3) is 0 Å². The Labute approximate surface area is 147 Å². The van der Waals surface area contributed by atoms with Crippen molar-refractivity contribution >= 4 is 23.5 Å². The maximum Gasteiger partial charge on any atom is 0.344 e. The SMILES string of the molecule is CC(C)[C@@H]1CC[C@H](C)C[C@H]1OC(=O)COC(=O)c1cccnc1Cl. The molecule has 132 valence electrons. The third-order valence-electron chi connectivity index (χ3n) is 4.54. The Hall–Kier alpha value is -1.62. The van der Waals surface area contributed by atoms with E-state index in [4.69, 9.17) is 21.1 Å². The summed E-state index contributed by atoms with van der Waals surface area (Å²) in [5.41, 5.74) is 0.137. The molecule has 1 aromatic rings. The summed E-state index contributed by atoms with van der Waals surface area (Å²) in [4.78, 5) is 27.8. The number of nitrogens with zero attached hydrogens (tertiary/aromatic N) is 1. The van der Waals surface area contributed by atoms with Crippen LogP contribution in [-0.2, 0) is 14.3 Å². The Morgan fingerprint density at radius 3 is 2.79 bits per heavy atom. The molecule has 1 fully saturated rings. The zero-order valence-electron chi connectivity index (χ0n) is 14.3. The van der Waals surface area contributed by atoms with E-state index in [1.54, 1.807) is 6.07 Å². The van der Waals surface area contributed by atoms with Crippen LogP contribution in [0.15, 0.2) is 18.3 Å². The van der Waals surface area contributed by atoms with Gasteiger partial charge in [-0.1, -0.05) is 38.8 Å². The van der Waals surface area contributed by atoms with Gasteiger partial charge in [-0.15, -0.1) is 0 Å². The lowest BCUT2D eigenvalue weighted by molar-refractivity contribution is -0.159. The van der Waals surface area contributed by atoms with Crippen molar-refractivity contribution in [1.82, 2.24) is 4.98 Å². The molecule has 0 amide bonds. The molecule has 24 heavy (non-hydrogen) atoms. The molecule has 6 heteroatoms. The number of hydrogen-bond donors (Lipinski definition) is 0. The third kappa shape index (κ3) is 4.94. The van der Waals surface area contributed by atoms with Gasteiger partial charge in [0.15, 0.2) is 6.61 Å². The Balaban J connectivity index is 1.88. The van der Waals surface area contributed by atoms with Gasteiger partial charge in [0.1, 0.15) is 11.3 Å². The number of rotatable bonds is 5. The van der Waals surface area contributed by atoms with Gasteiger partial charge in [0, 0.05) is 6.20 Å². The van der Waals surface area contributed by atoms with Crippen molar-refractivity contribution in [1.29, 1.82) is 0 Å². The van der Waals surface area contributed by atoms with E-state index < -0.39 is 18.5 Å². The fraction of sp³-hybridized carbons (Fsp3) is 0.611. The van der Waals surface area contributed by atoms with Crippen LogP contribution in [0.5, 0.6) is 0 Å². The Bertz CT molecular complexity index is 590. The summed E-state index contributed by atoms with van der Waals surface area (Å²) in [5.74, 6) is 0.144. The normalized spacial score (nSPS) is 23.8. The summed E-state index contributed by atoms with van der Waals surface area (Å²) in [7, 11) is 0. The van der Waals surface area contributed by atoms with E-state index in [0.717, 1.165) is 19.3 Å². The molecule has 0 aromatic carbocycles. The second-order valence-electron chi connectivity index (χ2n) is 6.77. The van der Waals surface area contributed by atoms with E-state index in [-0.39, 0.29) is 16.8 Å². The van der Waals surface area contributed by atoms with Crippen molar-refractivity contribution in [2.45, 2.75) is 46.1 Å². The van der Waals surface area contributed by atoms with Gasteiger partial charge in [0.05, 0.1) is 5.56 Å². The molecule has 5 nitrogen and oxygen atoms in total. The minimum Gasteiger partial charge on any atom is -0.460 e. The summed E-state index contributed by atoms with van der Waals surface area (Å²) >= 11 is 5.83. The van der Waals surface area contributed by atoms with Crippen LogP contribution >= 0.6 is 11.6 Å². The van der Waals surface area contributed by atoms with Gasteiger partial charge >= 0.3 is 11.9 Å². The van der Waals surface area contributed by atoms with Crippen molar-refractivity contribution in [3.8, 4) is 0 Å². The number of halogens is 1. The number of carbonyl (C=O) groups excluding carboxylic acids is 2. The topological polar surface area (TPSA) is 65.5 Å². The minimum atomic E-state index is -0.678. The molecule has 1 aliphatic carbocycles. The Kier molecular flexibility index (Phi) is 6.60. The lowest BCUT2D eigenvalue weighted by atomic mass is 9.75. The molecule has 0 aliphatic heterocycles. The van der Waals surface area contributed by atoms with Crippen molar-refractivity contribution < 1.29 is 19.1 Å². The van der Waals surface area contributed by atoms with E-state index >= 15 is 0 Å². The largest absolute Gasteiger partial charge is 0.460 e. The average Bonchev–Trinajstić information content (AvgIpc) is 2.53. The second kappa shape index (κ2) is 8.47. The van der Waals surface area contributed by atoms with Crippen molar-refractivity contribution in [2.75, 3.05) is 6.61 Å². The number of pyridine rings is 1. The van der Waals surface area contributed by atoms with Crippen LogP contribution in [0.1, 0.15) is 50.4 Å². The molecule has 0 saturated heterocycles. The van der Waals surface area contributed by atoms with Gasteiger partial charge in [0.25, 0.3) is 0 Å². The summed E-state index contributed by atoms with van der Waals surface area (Å²) in [6.45, 7) is 6.04. The summed E-state index contributed by atoms with van der Waals surface area (Å²) in [6.07, 6.45) is 4.44. The van der Waals surface area contributed by atoms with E-state index in [1.807, 2.05) is 0 Å². The van der Waals surface area contributed by atoms with E-state index in [2.05, 4.69) is 25.8 Å². The quantitative estimate of drug-likeness (QED) is 0.593. The number of esters is 2. The smallest absolute Gasteiger partial charge is 0.344 e. The van der Waals surface area contributed by atoms with Gasteiger partial charge in [-0.2, -0.15) is 0 Å². The highest BCUT2D eigenvalue weighted by Crippen LogP contribution is 2.35. The predicted molar refractivity (Wildman–Crippen MR) is 90.8 cm³/mol. The Morgan fingerprint density at radius 1 is 1.38 bits per heavy atom. The molecule has 0 N–H and O–H groups in total. The molecule has 1 aliphatic rings. The van der Waals surface area contributed by atoms with Crippen molar-refractivity contribution in [3.63, 3.8) is 0 Å². The van der Waals surface area contributed by atoms with Crippen molar-refractivity contribution in [3.05, 3.63) is 29.0 Å². The van der Waals surface area contributed by atoms with Gasteiger partial charge in [-0.3, -0.25) is 0 Å². The van der Waals surface area contributed by atoms with Crippen LogP contribution < -0.4 is 0 Å². The predicted octanol–water partition coefficient (Wildman–Crippen LogP) is 3.90. The van der Waals surface area contributed by atoms with Crippen LogP contribution in [0, 0.1) is 17.8 Å². The number of ether oxygens (including phenoxy) is 2. The van der Waals surface area contributed by atoms with E-state index in [1.165, 1.54) is 12.3 Å². The monoisotopic (exact) mass is 353 g/mol. The molecule has 0 bridgehead atoms. The summed E-state index contributed by atoms with van der Waals surface area (Å²) < 4.78 is 10.6. The molecule has 3 atom stereocenters. The molecule has 2 rings (SSSR count). The highest BCUT2D eigenvalue weighted by atomic mass is 35.5. The van der Waals surface area contributed by atoms with E-state index in [0.29, 0.717) is 17.8 Å². The molecule has 1 aromatic heterocycles. The number of aromatic nitrogens is 1. The first-order chi connectivity index (χ1) is 11.4. The van der Waals surface area contributed by atoms with Crippen LogP contribution in [0.4, 0.5) is 0 Å². The van der Waals surface area contributed by atoms with Gasteiger partial charge in [0.2, 0.25) is 0 Å². The zero-order valence-corrected chi connectivity index (χ0v) is 15.1. The highest BCUT2D eigenvalue weighted by Gasteiger charge is 2.33. The fourth-order valence-corrected chi connectivity index (χ4v) is 3.39. The molecule has 0 radical (unpaired) electrons. The molecule has 0 spiro atoms. The maximum absolute atomic E-state index is 12.1. The number of hydrogen-bond acceptors (Lipinski definition) is 5. The van der Waals surface area contributed by atoms with Crippen LogP contribution in [-0.4, -0.2) is 29.6 Å². The first kappa shape index (κ1) is 18.7. The van der Waals surface area contributed by atoms with Crippen LogP contribution in [0.2, 0.25) is 5.15 Å². The maximum atomic E-state index is 12.1. The van der Waals surface area contributed by atoms with Crippen molar-refractivity contribution in [2.24, 2.45) is 17.8 Å². The summed E-state index contributed by atoms with van der Waals surface area (Å²) in [5, 5.41) is 0.0526. The molecule has 1 heterocycles. The molecule has 1 saturated carbocycles. The zero-order chi connectivity index (χ0) is 17.7. The first-order valence-corrected chi connectivity index (χ1v) is 8.73. The molecular formula is C18H24ClNO4. The number of carbonyl (C=O) groups is 2. The van der Waals surface area contributed by atoms with E-state index in [9.17, 15) is 9.59 Å². The summed E-state index contributed by atoms with van der Waals surface area (Å²) in [6, 6.07) is 3.08. The van der Waals surface area contributed by atoms with Gasteiger partial charge < -0.3 is 9.47 Å². The highest BCUT2D eigenvalue weighted by molar-refractivity contribution is 6.32. The van der Waals surface area contributed by atoms with Gasteiger partial charge in [-0.05, 0) is 42.7 Å². The first-order valence-electron chi connectivity index (χ1n) is 8.35. The lowest BCUT2D eigenvalue weighted by Gasteiger charge is -2.36. The average molecular weight is 354 g/mol. The third-order valence-corrected chi connectivity index (χ3v) is 4.85. The standard InChI is InChI=1S/C18H24ClNO4/c1-11(2)13-7-6-12(3)9-15(13)24-16(21)10-23-18(22)14-5-4-8-20-17(14)19/h4-5,8,11-13,15H,6-7,9-10H2,1-3H3/t12-,13-,15+/m0/s1. The lowest BCUT2D eigenvalue weighted by Crippen LogP contribution is -2.36. The fourth-order valence-electron chi connectivity index (χ4n) is 3.19. The Morgan fingerprint density at radius 2 is 2.12 bits per heavy atom. The van der Waals surface area contributed by atoms with Gasteiger partial charge in [-0.25, -0.2) is 14.6 Å². The van der Waals surface area contributed by atoms with Crippen LogP contribution in [0.3, 0.4) is 0 Å². The molecule has 0 unspecified atom stereocenters. The minimum absolute atomic E-state index is 0.0526. The molecular weight excluding hydrogens is 330 g/mol.